The number of aromatic nitrogens is 3. The van der Waals surface area contributed by atoms with Crippen LogP contribution in [-0.4, -0.2) is 39.2 Å². The van der Waals surface area contributed by atoms with Gasteiger partial charge in [0.1, 0.15) is 12.2 Å². The van der Waals surface area contributed by atoms with E-state index in [1.54, 1.807) is 12.3 Å². The highest BCUT2D eigenvalue weighted by molar-refractivity contribution is 5.53. The van der Waals surface area contributed by atoms with Crippen LogP contribution in [0.3, 0.4) is 0 Å². The fourth-order valence-electron chi connectivity index (χ4n) is 3.64. The molecule has 0 N–H and O–H groups in total. The summed E-state index contributed by atoms with van der Waals surface area (Å²) in [5.41, 5.74) is -0.549. The van der Waals surface area contributed by atoms with Gasteiger partial charge in [0.2, 0.25) is 0 Å². The van der Waals surface area contributed by atoms with Gasteiger partial charge in [-0.2, -0.15) is 13.2 Å². The summed E-state index contributed by atoms with van der Waals surface area (Å²) < 4.78 is 47.6. The third-order valence-corrected chi connectivity index (χ3v) is 4.90. The molecule has 2 aromatic heterocycles. The molecule has 2 aliphatic rings. The molecule has 1 aliphatic carbocycles. The van der Waals surface area contributed by atoms with Gasteiger partial charge >= 0.3 is 6.18 Å². The van der Waals surface area contributed by atoms with Crippen LogP contribution in [0.4, 0.5) is 13.2 Å². The Morgan fingerprint density at radius 2 is 2.00 bits per heavy atom. The van der Waals surface area contributed by atoms with Crippen molar-refractivity contribution in [1.29, 1.82) is 0 Å². The van der Waals surface area contributed by atoms with Gasteiger partial charge in [0.25, 0.3) is 0 Å². The van der Waals surface area contributed by atoms with Crippen LogP contribution in [-0.2, 0) is 24.1 Å². The van der Waals surface area contributed by atoms with E-state index >= 15 is 0 Å². The summed E-state index contributed by atoms with van der Waals surface area (Å²) in [6.07, 6.45) is -1.62. The van der Waals surface area contributed by atoms with E-state index in [2.05, 4.69) is 15.1 Å². The monoisotopic (exact) mass is 340 g/mol. The predicted octanol–water partition coefficient (Wildman–Crippen LogP) is 2.74. The Balaban J connectivity index is 1.70. The second-order valence-corrected chi connectivity index (χ2v) is 6.61. The van der Waals surface area contributed by atoms with Crippen LogP contribution >= 0.6 is 0 Å². The van der Waals surface area contributed by atoms with Crippen LogP contribution in [0.2, 0.25) is 0 Å². The molecule has 1 aliphatic heterocycles. The molecule has 1 saturated heterocycles. The van der Waals surface area contributed by atoms with Gasteiger partial charge in [0.15, 0.2) is 11.5 Å². The van der Waals surface area contributed by atoms with Gasteiger partial charge in [-0.25, -0.2) is 0 Å². The largest absolute Gasteiger partial charge is 0.420 e. The second kappa shape index (κ2) is 5.70. The Morgan fingerprint density at radius 3 is 2.67 bits per heavy atom. The fraction of sp³-hybridized carbons (Fsp3) is 0.625. The highest BCUT2D eigenvalue weighted by Crippen LogP contribution is 2.45. The minimum Gasteiger partial charge on any atom is -0.374 e. The number of rotatable bonds is 5. The van der Waals surface area contributed by atoms with E-state index in [1.165, 1.54) is 10.8 Å². The number of likely N-dealkylation sites (tertiary alicyclic amines) is 1. The summed E-state index contributed by atoms with van der Waals surface area (Å²) in [6.45, 7) is 4.54. The second-order valence-electron chi connectivity index (χ2n) is 6.61. The molecule has 0 aromatic carbocycles. The van der Waals surface area contributed by atoms with Crippen molar-refractivity contribution in [2.45, 2.75) is 32.7 Å². The van der Waals surface area contributed by atoms with E-state index in [4.69, 9.17) is 4.74 Å². The SMILES string of the molecule is CCOCc1nnc2c(C(F)(F)F)c(CN3CC4CC4C3)ccn12. The zero-order valence-corrected chi connectivity index (χ0v) is 13.4. The Hall–Kier alpha value is -1.67. The molecule has 2 aromatic rings. The predicted molar refractivity (Wildman–Crippen MR) is 80.2 cm³/mol. The first kappa shape index (κ1) is 15.8. The van der Waals surface area contributed by atoms with Gasteiger partial charge in [0.05, 0.1) is 0 Å². The normalized spacial score (nSPS) is 23.8. The quantitative estimate of drug-likeness (QED) is 0.839. The summed E-state index contributed by atoms with van der Waals surface area (Å²) in [5, 5.41) is 7.66. The lowest BCUT2D eigenvalue weighted by molar-refractivity contribution is -0.137. The third kappa shape index (κ3) is 2.77. The van der Waals surface area contributed by atoms with E-state index in [-0.39, 0.29) is 17.8 Å². The van der Waals surface area contributed by atoms with Crippen molar-refractivity contribution < 1.29 is 17.9 Å². The minimum atomic E-state index is -4.46. The maximum Gasteiger partial charge on any atom is 0.420 e. The van der Waals surface area contributed by atoms with Crippen molar-refractivity contribution in [3.05, 3.63) is 29.2 Å². The molecular weight excluding hydrogens is 321 g/mol. The summed E-state index contributed by atoms with van der Waals surface area (Å²) in [6, 6.07) is 1.54. The lowest BCUT2D eigenvalue weighted by Gasteiger charge is -2.21. The number of halogens is 3. The van der Waals surface area contributed by atoms with Gasteiger partial charge in [-0.1, -0.05) is 0 Å². The Morgan fingerprint density at radius 1 is 1.25 bits per heavy atom. The van der Waals surface area contributed by atoms with Gasteiger partial charge in [-0.05, 0) is 36.8 Å². The number of ether oxygens (including phenoxy) is 1. The van der Waals surface area contributed by atoms with E-state index in [9.17, 15) is 13.2 Å². The Labute approximate surface area is 137 Å². The number of pyridine rings is 1. The number of fused-ring (bicyclic) bond motifs is 2. The molecule has 5 nitrogen and oxygen atoms in total. The summed E-state index contributed by atoms with van der Waals surface area (Å²) in [5.74, 6) is 1.76. The highest BCUT2D eigenvalue weighted by Gasteiger charge is 2.45. The number of piperidine rings is 1. The maximum absolute atomic E-state index is 13.7. The number of nitrogens with zero attached hydrogens (tertiary/aromatic N) is 4. The smallest absolute Gasteiger partial charge is 0.374 e. The van der Waals surface area contributed by atoms with Crippen LogP contribution in [0.25, 0.3) is 5.65 Å². The first-order valence-electron chi connectivity index (χ1n) is 8.20. The van der Waals surface area contributed by atoms with Crippen molar-refractivity contribution in [2.24, 2.45) is 11.8 Å². The molecule has 0 spiro atoms. The van der Waals surface area contributed by atoms with Gasteiger partial charge < -0.3 is 4.74 Å². The summed E-state index contributed by atoms with van der Waals surface area (Å²) in [4.78, 5) is 2.11. The number of hydrogen-bond acceptors (Lipinski definition) is 4. The molecule has 8 heteroatoms. The van der Waals surface area contributed by atoms with E-state index < -0.39 is 11.7 Å². The van der Waals surface area contributed by atoms with E-state index in [0.29, 0.717) is 30.8 Å². The fourth-order valence-corrected chi connectivity index (χ4v) is 3.64. The van der Waals surface area contributed by atoms with Gasteiger partial charge in [-0.15, -0.1) is 10.2 Å². The van der Waals surface area contributed by atoms with Gasteiger partial charge in [-0.3, -0.25) is 9.30 Å². The molecule has 2 unspecified atom stereocenters. The Kier molecular flexibility index (Phi) is 3.76. The average molecular weight is 340 g/mol. The lowest BCUT2D eigenvalue weighted by atomic mass is 10.1. The summed E-state index contributed by atoms with van der Waals surface area (Å²) >= 11 is 0. The zero-order valence-electron chi connectivity index (χ0n) is 13.4. The summed E-state index contributed by atoms with van der Waals surface area (Å²) in [7, 11) is 0. The maximum atomic E-state index is 13.7. The molecule has 3 heterocycles. The zero-order chi connectivity index (χ0) is 16.9. The Bertz CT molecular complexity index is 748. The molecular formula is C16H19F3N4O. The molecule has 0 bridgehead atoms. The van der Waals surface area contributed by atoms with Crippen LogP contribution < -0.4 is 0 Å². The molecule has 130 valence electrons. The average Bonchev–Trinajstić information content (AvgIpc) is 2.94. The molecule has 4 rings (SSSR count). The molecule has 2 fully saturated rings. The molecule has 2 atom stereocenters. The van der Waals surface area contributed by atoms with E-state index in [1.807, 2.05) is 6.92 Å². The number of alkyl halides is 3. The molecule has 24 heavy (non-hydrogen) atoms. The molecule has 0 radical (unpaired) electrons. The number of hydrogen-bond donors (Lipinski definition) is 0. The minimum absolute atomic E-state index is 0.140. The molecule has 1 saturated carbocycles. The first-order chi connectivity index (χ1) is 11.5. The topological polar surface area (TPSA) is 42.7 Å². The van der Waals surface area contributed by atoms with Crippen molar-refractivity contribution in [3.8, 4) is 0 Å². The van der Waals surface area contributed by atoms with Crippen molar-refractivity contribution >= 4 is 5.65 Å². The van der Waals surface area contributed by atoms with Gasteiger partial charge in [0, 0.05) is 32.4 Å². The van der Waals surface area contributed by atoms with Crippen molar-refractivity contribution in [1.82, 2.24) is 19.5 Å². The van der Waals surface area contributed by atoms with E-state index in [0.717, 1.165) is 13.1 Å². The van der Waals surface area contributed by atoms with Crippen LogP contribution in [0.15, 0.2) is 12.3 Å². The first-order valence-corrected chi connectivity index (χ1v) is 8.20. The highest BCUT2D eigenvalue weighted by atomic mass is 19.4. The van der Waals surface area contributed by atoms with Crippen LogP contribution in [0.5, 0.6) is 0 Å². The molecule has 0 amide bonds. The van der Waals surface area contributed by atoms with Crippen LogP contribution in [0, 0.1) is 11.8 Å². The van der Waals surface area contributed by atoms with Crippen molar-refractivity contribution in [3.63, 3.8) is 0 Å². The van der Waals surface area contributed by atoms with Crippen molar-refractivity contribution in [2.75, 3.05) is 19.7 Å². The standard InChI is InChI=1S/C16H19F3N4O/c1-2-24-9-13-20-21-15-14(16(17,18)19)10(3-4-23(13)15)6-22-7-11-5-12(11)8-22/h3-4,11-12H,2,5-9H2,1H3. The lowest BCUT2D eigenvalue weighted by Crippen LogP contribution is -2.24. The van der Waals surface area contributed by atoms with Crippen LogP contribution in [0.1, 0.15) is 30.3 Å². The third-order valence-electron chi connectivity index (χ3n) is 4.90.